The Bertz CT molecular complexity index is 1290. The van der Waals surface area contributed by atoms with Crippen LogP contribution < -0.4 is 0 Å². The van der Waals surface area contributed by atoms with Crippen molar-refractivity contribution in [3.8, 4) is 0 Å². The van der Waals surface area contributed by atoms with E-state index in [1.807, 2.05) is 13.0 Å². The fourth-order valence-corrected chi connectivity index (χ4v) is 5.24. The molecule has 0 saturated carbocycles. The quantitative estimate of drug-likeness (QED) is 0.0989. The lowest BCUT2D eigenvalue weighted by Gasteiger charge is -2.04. The first-order valence-corrected chi connectivity index (χ1v) is 17.9. The van der Waals surface area contributed by atoms with Crippen molar-refractivity contribution in [1.29, 1.82) is 0 Å². The van der Waals surface area contributed by atoms with Crippen LogP contribution in [0.1, 0.15) is 180 Å². The van der Waals surface area contributed by atoms with E-state index in [1.54, 1.807) is 0 Å². The van der Waals surface area contributed by atoms with E-state index in [2.05, 4.69) is 91.0 Å². The summed E-state index contributed by atoms with van der Waals surface area (Å²) in [5.74, 6) is 0. The van der Waals surface area contributed by atoms with Crippen LogP contribution in [-0.2, 0) is 0 Å². The predicted molar refractivity (Wildman–Crippen MR) is 210 cm³/mol. The molecule has 0 aromatic carbocycles. The number of hydrogen-bond acceptors (Lipinski definition) is 1. The van der Waals surface area contributed by atoms with Crippen molar-refractivity contribution in [1.82, 2.24) is 0 Å². The van der Waals surface area contributed by atoms with E-state index in [9.17, 15) is 0 Å². The largest absolute Gasteiger partial charge is 0.392 e. The molecule has 0 aliphatic rings. The molecule has 0 unspecified atom stereocenters. The molecule has 0 bridgehead atoms. The third-order valence-electron chi connectivity index (χ3n) is 8.55. The standard InChI is InChI=1S/C45H74O/c1-37(2)19-11-20-38(3)21-12-22-39(4)23-13-24-40(5)25-14-26-41(6)27-15-28-42(7)29-16-30-43(8)31-17-32-44(9)33-18-34-45(10)35-36-46/h19,21,23,25,27,29,31,33,35,46H,11-18,20,22,24,26,28,30,32,34,36H2,1-10H3/b38-21+,39-23+,40-25+,41-27+,42-29+,43-31+,44-33+,45-35+/i1D3,2D3. The SMILES string of the molecule is [2H]C([2H])([2H])C(=CCC/C(C)=C/CC/C(C)=C/CC/C(C)=C/CC/C(C)=C/CC/C(C)=C/CC/C(C)=C/CC/C(C)=C/CC/C(C)=C/CO)C([2H])([2H])[2H]. The zero-order valence-corrected chi connectivity index (χ0v) is 31.2. The topological polar surface area (TPSA) is 20.2 Å². The molecule has 1 N–H and O–H groups in total. The number of aliphatic hydroxyl groups excluding tert-OH is 1. The van der Waals surface area contributed by atoms with Crippen molar-refractivity contribution in [2.75, 3.05) is 6.61 Å². The normalized spacial score (nSPS) is 17.2. The second-order valence-corrected chi connectivity index (χ2v) is 13.5. The molecule has 0 aliphatic carbocycles. The molecular weight excluding hydrogens is 556 g/mol. The fourth-order valence-electron chi connectivity index (χ4n) is 5.24. The second-order valence-electron chi connectivity index (χ2n) is 13.5. The summed E-state index contributed by atoms with van der Waals surface area (Å²) in [6, 6.07) is 0. The molecule has 0 fully saturated rings. The van der Waals surface area contributed by atoms with Crippen molar-refractivity contribution < 1.29 is 13.3 Å². The predicted octanol–water partition coefficient (Wildman–Crippen LogP) is 14.8. The summed E-state index contributed by atoms with van der Waals surface area (Å²) < 4.78 is 44.9. The molecule has 46 heavy (non-hydrogen) atoms. The Morgan fingerprint density at radius 3 is 0.739 bits per heavy atom. The summed E-state index contributed by atoms with van der Waals surface area (Å²) in [6.45, 7) is 12.5. The molecule has 0 rings (SSSR count). The van der Waals surface area contributed by atoms with Crippen LogP contribution in [0.15, 0.2) is 105 Å². The van der Waals surface area contributed by atoms with E-state index >= 15 is 0 Å². The van der Waals surface area contributed by atoms with Crippen LogP contribution in [-0.4, -0.2) is 11.7 Å². The molecule has 0 atom stereocenters. The van der Waals surface area contributed by atoms with Gasteiger partial charge in [0.1, 0.15) is 0 Å². The zero-order valence-electron chi connectivity index (χ0n) is 37.2. The first kappa shape index (κ1) is 33.5. The Morgan fingerprint density at radius 1 is 0.348 bits per heavy atom. The van der Waals surface area contributed by atoms with Gasteiger partial charge in [-0.1, -0.05) is 105 Å². The molecule has 0 spiro atoms. The van der Waals surface area contributed by atoms with Crippen LogP contribution in [0.25, 0.3) is 0 Å². The fraction of sp³-hybridized carbons (Fsp3) is 0.600. The summed E-state index contributed by atoms with van der Waals surface area (Å²) >= 11 is 0. The summed E-state index contributed by atoms with van der Waals surface area (Å²) in [7, 11) is 0. The highest BCUT2D eigenvalue weighted by molar-refractivity contribution is 5.10. The highest BCUT2D eigenvalue weighted by Gasteiger charge is 1.97. The molecule has 0 aromatic heterocycles. The third kappa shape index (κ3) is 29.1. The van der Waals surface area contributed by atoms with Crippen molar-refractivity contribution in [2.45, 2.75) is 172 Å². The van der Waals surface area contributed by atoms with Crippen molar-refractivity contribution in [3.05, 3.63) is 105 Å². The molecule has 0 radical (unpaired) electrons. The average molecular weight is 637 g/mol. The van der Waals surface area contributed by atoms with Gasteiger partial charge in [0, 0.05) is 8.22 Å². The number of aliphatic hydroxyl groups is 1. The lowest BCUT2D eigenvalue weighted by atomic mass is 10.0. The van der Waals surface area contributed by atoms with E-state index in [0.717, 1.165) is 95.5 Å². The van der Waals surface area contributed by atoms with E-state index in [-0.39, 0.29) is 6.61 Å². The van der Waals surface area contributed by atoms with Crippen LogP contribution >= 0.6 is 0 Å². The van der Waals surface area contributed by atoms with Crippen LogP contribution in [0.2, 0.25) is 0 Å². The van der Waals surface area contributed by atoms with Crippen LogP contribution in [0.5, 0.6) is 0 Å². The van der Waals surface area contributed by atoms with Gasteiger partial charge in [-0.15, -0.1) is 0 Å². The second kappa shape index (κ2) is 28.8. The highest BCUT2D eigenvalue weighted by Crippen LogP contribution is 2.17. The summed E-state index contributed by atoms with van der Waals surface area (Å²) in [4.78, 5) is 0. The lowest BCUT2D eigenvalue weighted by molar-refractivity contribution is 0.341. The number of rotatable bonds is 25. The maximum Gasteiger partial charge on any atom is 0.0614 e. The van der Waals surface area contributed by atoms with Crippen LogP contribution in [0.3, 0.4) is 0 Å². The van der Waals surface area contributed by atoms with Gasteiger partial charge in [-0.3, -0.25) is 0 Å². The molecule has 0 aromatic rings. The minimum absolute atomic E-state index is 0.136. The van der Waals surface area contributed by atoms with Gasteiger partial charge in [-0.25, -0.2) is 0 Å². The molecule has 0 heterocycles. The lowest BCUT2D eigenvalue weighted by Crippen LogP contribution is -1.84. The van der Waals surface area contributed by atoms with Gasteiger partial charge in [0.2, 0.25) is 0 Å². The minimum atomic E-state index is -2.58. The molecular formula is C45H74O. The van der Waals surface area contributed by atoms with Crippen molar-refractivity contribution in [3.63, 3.8) is 0 Å². The molecule has 260 valence electrons. The van der Waals surface area contributed by atoms with Gasteiger partial charge in [-0.2, -0.15) is 0 Å². The van der Waals surface area contributed by atoms with E-state index < -0.39 is 19.3 Å². The van der Waals surface area contributed by atoms with Gasteiger partial charge < -0.3 is 5.11 Å². The van der Waals surface area contributed by atoms with Crippen LogP contribution in [0.4, 0.5) is 0 Å². The van der Waals surface area contributed by atoms with Gasteiger partial charge in [0.25, 0.3) is 0 Å². The monoisotopic (exact) mass is 637 g/mol. The molecule has 0 amide bonds. The third-order valence-corrected chi connectivity index (χ3v) is 8.55. The Kier molecular flexibility index (Phi) is 21.0. The maximum absolute atomic E-state index is 8.97. The first-order valence-electron chi connectivity index (χ1n) is 20.9. The Balaban J connectivity index is 4.36. The molecule has 1 nitrogen and oxygen atoms in total. The van der Waals surface area contributed by atoms with Crippen molar-refractivity contribution >= 4 is 0 Å². The first-order chi connectivity index (χ1) is 24.3. The maximum atomic E-state index is 8.97. The summed E-state index contributed by atoms with van der Waals surface area (Å²) in [5.41, 5.74) is 10.7. The molecule has 0 aliphatic heterocycles. The van der Waals surface area contributed by atoms with Crippen molar-refractivity contribution in [2.24, 2.45) is 0 Å². The minimum Gasteiger partial charge on any atom is -0.392 e. The van der Waals surface area contributed by atoms with Gasteiger partial charge >= 0.3 is 0 Å². The van der Waals surface area contributed by atoms with Gasteiger partial charge in [-0.05, 0) is 172 Å². The van der Waals surface area contributed by atoms with Gasteiger partial charge in [0.15, 0.2) is 0 Å². The molecule has 0 saturated heterocycles. The van der Waals surface area contributed by atoms with E-state index in [1.165, 1.54) is 45.1 Å². The summed E-state index contributed by atoms with van der Waals surface area (Å²) in [6.07, 6.45) is 35.9. The summed E-state index contributed by atoms with van der Waals surface area (Å²) in [5, 5.41) is 8.97. The zero-order chi connectivity index (χ0) is 39.6. The Labute approximate surface area is 296 Å². The number of hydrogen-bond donors (Lipinski definition) is 1. The highest BCUT2D eigenvalue weighted by atomic mass is 16.2. The Hall–Kier alpha value is -2.38. The van der Waals surface area contributed by atoms with E-state index in [0.29, 0.717) is 12.8 Å². The Morgan fingerprint density at radius 2 is 0.543 bits per heavy atom. The molecule has 1 heteroatoms. The average Bonchev–Trinajstić information content (AvgIpc) is 3.02. The van der Waals surface area contributed by atoms with Crippen LogP contribution in [0, 0.1) is 0 Å². The number of allylic oxidation sites excluding steroid dienone is 17. The van der Waals surface area contributed by atoms with Gasteiger partial charge in [0.05, 0.1) is 6.61 Å². The van der Waals surface area contributed by atoms with E-state index in [4.69, 9.17) is 13.3 Å². The smallest absolute Gasteiger partial charge is 0.0614 e.